The molecule has 0 aliphatic carbocycles. The van der Waals surface area contributed by atoms with Gasteiger partial charge < -0.3 is 15.7 Å². The molecule has 0 radical (unpaired) electrons. The lowest BCUT2D eigenvalue weighted by molar-refractivity contribution is -0.122. The quantitative estimate of drug-likeness (QED) is 0.549. The summed E-state index contributed by atoms with van der Waals surface area (Å²) in [6, 6.07) is -0.0978. The molecule has 0 spiro atoms. The van der Waals surface area contributed by atoms with Crippen molar-refractivity contribution in [1.82, 2.24) is 10.6 Å². The van der Waals surface area contributed by atoms with Crippen molar-refractivity contribution in [1.29, 1.82) is 0 Å². The van der Waals surface area contributed by atoms with Crippen molar-refractivity contribution in [2.75, 3.05) is 20.2 Å². The van der Waals surface area contributed by atoms with Gasteiger partial charge >= 0.3 is 0 Å². The molecule has 1 atom stereocenters. The van der Waals surface area contributed by atoms with Crippen LogP contribution >= 0.6 is 0 Å². The first-order valence-electron chi connectivity index (χ1n) is 5.15. The van der Waals surface area contributed by atoms with E-state index in [-0.39, 0.29) is 18.6 Å². The Morgan fingerprint density at radius 1 is 1.43 bits per heavy atom. The van der Waals surface area contributed by atoms with Crippen LogP contribution in [-0.2, 0) is 4.79 Å². The van der Waals surface area contributed by atoms with E-state index in [0.29, 0.717) is 18.9 Å². The van der Waals surface area contributed by atoms with Crippen molar-refractivity contribution in [3.63, 3.8) is 0 Å². The molecule has 4 nitrogen and oxygen atoms in total. The Balaban J connectivity index is 3.74. The number of hydrogen-bond acceptors (Lipinski definition) is 3. The van der Waals surface area contributed by atoms with Crippen LogP contribution in [0.5, 0.6) is 0 Å². The summed E-state index contributed by atoms with van der Waals surface area (Å²) in [5, 5.41) is 14.7. The third kappa shape index (κ3) is 6.86. The molecule has 0 rings (SSSR count). The largest absolute Gasteiger partial charge is 0.394 e. The number of carbonyl (C=O) groups excluding carboxylic acids is 1. The van der Waals surface area contributed by atoms with E-state index in [0.717, 1.165) is 6.42 Å². The van der Waals surface area contributed by atoms with Crippen LogP contribution in [0, 0.1) is 5.92 Å². The number of carbonyl (C=O) groups is 1. The van der Waals surface area contributed by atoms with Gasteiger partial charge in [0.15, 0.2) is 0 Å². The molecule has 3 N–H and O–H groups in total. The fourth-order valence-electron chi connectivity index (χ4n) is 1.29. The van der Waals surface area contributed by atoms with Crippen LogP contribution in [0.25, 0.3) is 0 Å². The van der Waals surface area contributed by atoms with Crippen LogP contribution in [0.1, 0.15) is 26.7 Å². The Morgan fingerprint density at radius 2 is 2.07 bits per heavy atom. The van der Waals surface area contributed by atoms with Gasteiger partial charge in [-0.25, -0.2) is 0 Å². The fourth-order valence-corrected chi connectivity index (χ4v) is 1.29. The van der Waals surface area contributed by atoms with Gasteiger partial charge in [0.2, 0.25) is 5.91 Å². The molecule has 0 aliphatic heterocycles. The van der Waals surface area contributed by atoms with Crippen LogP contribution in [0.4, 0.5) is 0 Å². The van der Waals surface area contributed by atoms with Crippen molar-refractivity contribution < 1.29 is 9.90 Å². The van der Waals surface area contributed by atoms with Gasteiger partial charge in [0.1, 0.15) is 0 Å². The number of aliphatic hydroxyl groups excluding tert-OH is 1. The number of nitrogens with one attached hydrogen (secondary N) is 2. The van der Waals surface area contributed by atoms with E-state index in [1.807, 2.05) is 7.05 Å². The van der Waals surface area contributed by atoms with Crippen LogP contribution in [0.2, 0.25) is 0 Å². The molecule has 0 aromatic heterocycles. The van der Waals surface area contributed by atoms with E-state index >= 15 is 0 Å². The molecule has 0 bridgehead atoms. The van der Waals surface area contributed by atoms with Crippen molar-refractivity contribution in [3.8, 4) is 0 Å². The van der Waals surface area contributed by atoms with E-state index in [1.165, 1.54) is 0 Å². The minimum Gasteiger partial charge on any atom is -0.394 e. The average Bonchev–Trinajstić information content (AvgIpc) is 2.12. The number of aliphatic hydroxyl groups is 1. The van der Waals surface area contributed by atoms with Gasteiger partial charge in [-0.2, -0.15) is 0 Å². The summed E-state index contributed by atoms with van der Waals surface area (Å²) in [5.74, 6) is 0.482. The Hall–Kier alpha value is -0.610. The SMILES string of the molecule is CNCCC(=O)NC(CO)CC(C)C. The molecule has 0 aromatic rings. The van der Waals surface area contributed by atoms with E-state index in [4.69, 9.17) is 5.11 Å². The fraction of sp³-hybridized carbons (Fsp3) is 0.900. The Bertz CT molecular complexity index is 160. The summed E-state index contributed by atoms with van der Waals surface area (Å²) in [7, 11) is 1.81. The van der Waals surface area contributed by atoms with Gasteiger partial charge in [-0.3, -0.25) is 4.79 Å². The van der Waals surface area contributed by atoms with Crippen molar-refractivity contribution >= 4 is 5.91 Å². The van der Waals surface area contributed by atoms with Crippen molar-refractivity contribution in [2.45, 2.75) is 32.7 Å². The Kier molecular flexibility index (Phi) is 7.42. The first kappa shape index (κ1) is 13.4. The molecule has 4 heteroatoms. The minimum absolute atomic E-state index is 0.000880. The summed E-state index contributed by atoms with van der Waals surface area (Å²) < 4.78 is 0. The molecule has 0 aromatic carbocycles. The van der Waals surface area contributed by atoms with E-state index in [1.54, 1.807) is 0 Å². The Labute approximate surface area is 86.1 Å². The second kappa shape index (κ2) is 7.76. The lowest BCUT2D eigenvalue weighted by Crippen LogP contribution is -2.39. The van der Waals surface area contributed by atoms with Crippen LogP contribution in [0.15, 0.2) is 0 Å². The van der Waals surface area contributed by atoms with Crippen molar-refractivity contribution in [3.05, 3.63) is 0 Å². The molecule has 0 saturated heterocycles. The summed E-state index contributed by atoms with van der Waals surface area (Å²) in [4.78, 5) is 11.3. The van der Waals surface area contributed by atoms with Gasteiger partial charge in [0, 0.05) is 13.0 Å². The second-order valence-electron chi connectivity index (χ2n) is 3.93. The van der Waals surface area contributed by atoms with Crippen LogP contribution < -0.4 is 10.6 Å². The standard InChI is InChI=1S/C10H22N2O2/c1-8(2)6-9(7-13)12-10(14)4-5-11-3/h8-9,11,13H,4-7H2,1-3H3,(H,12,14). The van der Waals surface area contributed by atoms with Gasteiger partial charge in [-0.15, -0.1) is 0 Å². The maximum Gasteiger partial charge on any atom is 0.221 e. The minimum atomic E-state index is -0.0978. The van der Waals surface area contributed by atoms with E-state index < -0.39 is 0 Å². The maximum absolute atomic E-state index is 11.3. The summed E-state index contributed by atoms with van der Waals surface area (Å²) in [6.45, 7) is 4.83. The average molecular weight is 202 g/mol. The highest BCUT2D eigenvalue weighted by Crippen LogP contribution is 2.03. The van der Waals surface area contributed by atoms with Crippen LogP contribution in [-0.4, -0.2) is 37.3 Å². The summed E-state index contributed by atoms with van der Waals surface area (Å²) in [5.41, 5.74) is 0. The molecule has 0 fully saturated rings. The Morgan fingerprint density at radius 3 is 2.50 bits per heavy atom. The topological polar surface area (TPSA) is 61.4 Å². The van der Waals surface area contributed by atoms with Gasteiger partial charge in [0.05, 0.1) is 12.6 Å². The van der Waals surface area contributed by atoms with Gasteiger partial charge in [-0.1, -0.05) is 13.8 Å². The first-order chi connectivity index (χ1) is 6.60. The first-order valence-corrected chi connectivity index (χ1v) is 5.15. The highest BCUT2D eigenvalue weighted by Gasteiger charge is 2.12. The van der Waals surface area contributed by atoms with Crippen molar-refractivity contribution in [2.24, 2.45) is 5.92 Å². The van der Waals surface area contributed by atoms with Crippen LogP contribution in [0.3, 0.4) is 0 Å². The molecular weight excluding hydrogens is 180 g/mol. The summed E-state index contributed by atoms with van der Waals surface area (Å²) >= 11 is 0. The number of rotatable bonds is 7. The maximum atomic E-state index is 11.3. The molecule has 84 valence electrons. The highest BCUT2D eigenvalue weighted by molar-refractivity contribution is 5.76. The molecule has 1 amide bonds. The van der Waals surface area contributed by atoms with Gasteiger partial charge in [-0.05, 0) is 19.4 Å². The normalized spacial score (nSPS) is 12.9. The highest BCUT2D eigenvalue weighted by atomic mass is 16.3. The third-order valence-electron chi connectivity index (χ3n) is 1.94. The molecule has 1 unspecified atom stereocenters. The number of amides is 1. The predicted molar refractivity (Wildman–Crippen MR) is 57.0 cm³/mol. The van der Waals surface area contributed by atoms with Gasteiger partial charge in [0.25, 0.3) is 0 Å². The number of hydrogen-bond donors (Lipinski definition) is 3. The molecule has 0 aliphatic rings. The smallest absolute Gasteiger partial charge is 0.221 e. The third-order valence-corrected chi connectivity index (χ3v) is 1.94. The zero-order chi connectivity index (χ0) is 11.0. The molecular formula is C10H22N2O2. The molecule has 0 saturated carbocycles. The van der Waals surface area contributed by atoms with E-state index in [2.05, 4.69) is 24.5 Å². The molecule has 0 heterocycles. The predicted octanol–water partition coefficient (Wildman–Crippen LogP) is 0.119. The monoisotopic (exact) mass is 202 g/mol. The zero-order valence-corrected chi connectivity index (χ0v) is 9.34. The second-order valence-corrected chi connectivity index (χ2v) is 3.93. The lowest BCUT2D eigenvalue weighted by Gasteiger charge is -2.18. The molecule has 14 heavy (non-hydrogen) atoms. The summed E-state index contributed by atoms with van der Waals surface area (Å²) in [6.07, 6.45) is 1.28. The zero-order valence-electron chi connectivity index (χ0n) is 9.34. The van der Waals surface area contributed by atoms with E-state index in [9.17, 15) is 4.79 Å². The lowest BCUT2D eigenvalue weighted by atomic mass is 10.0.